The summed E-state index contributed by atoms with van der Waals surface area (Å²) in [6, 6.07) is 0. The van der Waals surface area contributed by atoms with E-state index in [4.69, 9.17) is 66.3 Å². The summed E-state index contributed by atoms with van der Waals surface area (Å²) in [6.45, 7) is 0.606. The number of aliphatic carboxylic acids is 2. The van der Waals surface area contributed by atoms with Gasteiger partial charge in [-0.05, 0) is 0 Å². The summed E-state index contributed by atoms with van der Waals surface area (Å²) in [4.78, 5) is 49.2. The molecule has 4 fully saturated rings. The standard InChI is InChI=1S/C33H52O25/c1-10(35)50-9-13-19(55-32-26(47-5)20(45-3)16(39)22(56-32)28(41)42)21(51-11(2)36)17(40)31(53-13)57-24-23(46-4)27(48-6)33(58-25(24)29(43)44)54-18-12(8-34)52-30(49-7)15(38)14(18)37/h12-27,30-34,37-40H,8-9H2,1-7H3,(H,41,42)(H,43,44)/t12?,13-,14+,15?,16-,17?,18+,19+,20-,21?,22?,23?,24-,25+,26?,27?,30+,31+,32+,33+/m0/s1. The van der Waals surface area contributed by atoms with Crippen LogP contribution in [0.3, 0.4) is 0 Å². The lowest BCUT2D eigenvalue weighted by Gasteiger charge is -2.50. The van der Waals surface area contributed by atoms with E-state index in [1.54, 1.807) is 0 Å². The van der Waals surface area contributed by atoms with Gasteiger partial charge in [0.2, 0.25) is 0 Å². The van der Waals surface area contributed by atoms with Crippen molar-refractivity contribution in [3.63, 3.8) is 0 Å². The van der Waals surface area contributed by atoms with Gasteiger partial charge in [0.05, 0.1) is 6.61 Å². The third-order valence-corrected chi connectivity index (χ3v) is 9.88. The fourth-order valence-electron chi connectivity index (χ4n) is 7.15. The number of aliphatic hydroxyl groups is 5. The molecule has 0 aromatic heterocycles. The Labute approximate surface area is 330 Å². The summed E-state index contributed by atoms with van der Waals surface area (Å²) < 4.78 is 78.2. The Hall–Kier alpha value is -2.80. The summed E-state index contributed by atoms with van der Waals surface area (Å²) in [5.74, 6) is -5.09. The number of ether oxygens (including phenoxy) is 14. The van der Waals surface area contributed by atoms with Crippen molar-refractivity contribution in [2.45, 2.75) is 137 Å². The number of aliphatic hydroxyl groups excluding tert-OH is 5. The molecule has 25 nitrogen and oxygen atoms in total. The number of carboxylic acid groups (broad SMARTS) is 2. The maximum atomic E-state index is 12.8. The second kappa shape index (κ2) is 21.1. The lowest BCUT2D eigenvalue weighted by Crippen LogP contribution is -2.69. The van der Waals surface area contributed by atoms with Gasteiger partial charge in [0.15, 0.2) is 43.5 Å². The first kappa shape index (κ1) is 47.9. The van der Waals surface area contributed by atoms with Crippen LogP contribution in [0, 0.1) is 0 Å². The maximum Gasteiger partial charge on any atom is 0.335 e. The van der Waals surface area contributed by atoms with Crippen molar-refractivity contribution in [3.8, 4) is 0 Å². The Kier molecular flexibility index (Phi) is 17.4. The molecule has 0 aromatic carbocycles. The van der Waals surface area contributed by atoms with Crippen LogP contribution < -0.4 is 0 Å². The monoisotopic (exact) mass is 848 g/mol. The van der Waals surface area contributed by atoms with E-state index in [-0.39, 0.29) is 0 Å². The number of methoxy groups -OCH3 is 5. The third kappa shape index (κ3) is 10.4. The summed E-state index contributed by atoms with van der Waals surface area (Å²) in [7, 11) is 5.85. The van der Waals surface area contributed by atoms with E-state index in [1.165, 1.54) is 21.3 Å². The number of hydrogen-bond donors (Lipinski definition) is 7. The van der Waals surface area contributed by atoms with Gasteiger partial charge < -0.3 is 102 Å². The number of esters is 2. The summed E-state index contributed by atoms with van der Waals surface area (Å²) in [5, 5.41) is 73.7. The second-order valence-corrected chi connectivity index (χ2v) is 13.5. The fraction of sp³-hybridized carbons (Fsp3) is 0.879. The van der Waals surface area contributed by atoms with Crippen LogP contribution in [-0.2, 0) is 85.5 Å². The Balaban J connectivity index is 1.67. The van der Waals surface area contributed by atoms with Crippen molar-refractivity contribution in [2.24, 2.45) is 0 Å². The lowest BCUT2D eigenvalue weighted by molar-refractivity contribution is -0.386. The van der Waals surface area contributed by atoms with Crippen LogP contribution in [0.25, 0.3) is 0 Å². The van der Waals surface area contributed by atoms with E-state index in [9.17, 15) is 54.9 Å². The second-order valence-electron chi connectivity index (χ2n) is 13.5. The molecule has 0 radical (unpaired) electrons. The highest BCUT2D eigenvalue weighted by molar-refractivity contribution is 5.74. The normalized spacial score (nSPS) is 43.3. The summed E-state index contributed by atoms with van der Waals surface area (Å²) in [5.41, 5.74) is 0. The Morgan fingerprint density at radius 2 is 1.00 bits per heavy atom. The topological polar surface area (TPSA) is 339 Å². The van der Waals surface area contributed by atoms with Crippen LogP contribution >= 0.6 is 0 Å². The van der Waals surface area contributed by atoms with Crippen molar-refractivity contribution in [1.82, 2.24) is 0 Å². The maximum absolute atomic E-state index is 12.8. The molecule has 4 heterocycles. The molecule has 4 aliphatic rings. The lowest BCUT2D eigenvalue weighted by atomic mass is 9.95. The Morgan fingerprint density at radius 3 is 1.50 bits per heavy atom. The van der Waals surface area contributed by atoms with Crippen LogP contribution in [-0.4, -0.2) is 231 Å². The SMILES string of the molecule is COC1C(OC)[C@H](O[C@H]2O[C@@H](COC(C)=O)[C@@H](O[C@@H]3OC(C(=O)O)[C@@H](O)[C@H](OC)C3OC)C(OC(C)=O)C2O)[C@H](C(=O)O)O[C@H]1O[C@@H]1C(CO)O[C@@H](OC)C(O)[C@H]1O. The Morgan fingerprint density at radius 1 is 0.483 bits per heavy atom. The van der Waals surface area contributed by atoms with Gasteiger partial charge in [-0.15, -0.1) is 0 Å². The first-order chi connectivity index (χ1) is 27.5. The average molecular weight is 849 g/mol. The molecular formula is C33H52O25. The molecule has 0 amide bonds. The summed E-state index contributed by atoms with van der Waals surface area (Å²) in [6.07, 6.45) is -33.2. The predicted octanol–water partition coefficient (Wildman–Crippen LogP) is -5.15. The first-order valence-corrected chi connectivity index (χ1v) is 17.8. The van der Waals surface area contributed by atoms with Gasteiger partial charge in [-0.25, -0.2) is 9.59 Å². The zero-order chi connectivity index (χ0) is 43.2. The van der Waals surface area contributed by atoms with Crippen molar-refractivity contribution in [1.29, 1.82) is 0 Å². The molecule has 8 unspecified atom stereocenters. The number of carboxylic acids is 2. The average Bonchev–Trinajstić information content (AvgIpc) is 3.18. The van der Waals surface area contributed by atoms with Crippen LogP contribution in [0.4, 0.5) is 0 Å². The van der Waals surface area contributed by atoms with Crippen molar-refractivity contribution in [2.75, 3.05) is 48.8 Å². The smallest absolute Gasteiger partial charge is 0.335 e. The van der Waals surface area contributed by atoms with Crippen molar-refractivity contribution >= 4 is 23.9 Å². The zero-order valence-electron chi connectivity index (χ0n) is 32.4. The molecule has 0 spiro atoms. The van der Waals surface area contributed by atoms with E-state index < -0.39 is 160 Å². The quantitative estimate of drug-likeness (QED) is 0.0673. The van der Waals surface area contributed by atoms with Gasteiger partial charge in [-0.3, -0.25) is 9.59 Å². The van der Waals surface area contributed by atoms with Gasteiger partial charge >= 0.3 is 23.9 Å². The predicted molar refractivity (Wildman–Crippen MR) is 178 cm³/mol. The van der Waals surface area contributed by atoms with E-state index in [2.05, 4.69) is 0 Å². The molecule has 4 rings (SSSR count). The zero-order valence-corrected chi connectivity index (χ0v) is 32.4. The van der Waals surface area contributed by atoms with Gasteiger partial charge in [0.1, 0.15) is 86.0 Å². The molecule has 0 aromatic rings. The molecule has 334 valence electrons. The first-order valence-electron chi connectivity index (χ1n) is 17.8. The van der Waals surface area contributed by atoms with E-state index in [0.29, 0.717) is 0 Å². The van der Waals surface area contributed by atoms with Crippen LogP contribution in [0.5, 0.6) is 0 Å². The molecular weight excluding hydrogens is 796 g/mol. The van der Waals surface area contributed by atoms with Crippen LogP contribution in [0.15, 0.2) is 0 Å². The molecule has 4 saturated heterocycles. The minimum atomic E-state index is -2.07. The molecule has 7 N–H and O–H groups in total. The molecule has 20 atom stereocenters. The van der Waals surface area contributed by atoms with E-state index in [0.717, 1.165) is 28.1 Å². The minimum absolute atomic E-state index is 0.686. The van der Waals surface area contributed by atoms with Crippen molar-refractivity contribution < 1.29 is 121 Å². The van der Waals surface area contributed by atoms with Gasteiger partial charge in [-0.2, -0.15) is 0 Å². The van der Waals surface area contributed by atoms with Gasteiger partial charge in [0, 0.05) is 49.4 Å². The molecule has 0 aliphatic carbocycles. The number of carbonyl (C=O) groups is 4. The largest absolute Gasteiger partial charge is 0.479 e. The molecule has 25 heteroatoms. The van der Waals surface area contributed by atoms with Crippen LogP contribution in [0.1, 0.15) is 13.8 Å². The highest BCUT2D eigenvalue weighted by atomic mass is 16.8. The molecule has 0 bridgehead atoms. The van der Waals surface area contributed by atoms with E-state index in [1.807, 2.05) is 0 Å². The fourth-order valence-corrected chi connectivity index (χ4v) is 7.15. The number of hydrogen-bond acceptors (Lipinski definition) is 23. The highest BCUT2D eigenvalue weighted by Crippen LogP contribution is 2.37. The molecule has 4 aliphatic heterocycles. The highest BCUT2D eigenvalue weighted by Gasteiger charge is 2.59. The number of carbonyl (C=O) groups excluding carboxylic acids is 2. The van der Waals surface area contributed by atoms with Gasteiger partial charge in [-0.1, -0.05) is 0 Å². The Bertz CT molecular complexity index is 1370. The number of rotatable bonds is 17. The third-order valence-electron chi connectivity index (χ3n) is 9.88. The van der Waals surface area contributed by atoms with Gasteiger partial charge in [0.25, 0.3) is 0 Å². The van der Waals surface area contributed by atoms with Crippen molar-refractivity contribution in [3.05, 3.63) is 0 Å². The molecule has 0 saturated carbocycles. The van der Waals surface area contributed by atoms with E-state index >= 15 is 0 Å². The van der Waals surface area contributed by atoms with Crippen LogP contribution in [0.2, 0.25) is 0 Å². The summed E-state index contributed by atoms with van der Waals surface area (Å²) >= 11 is 0. The minimum Gasteiger partial charge on any atom is -0.479 e. The molecule has 58 heavy (non-hydrogen) atoms.